The number of para-hydroxylation sites is 1. The number of esters is 1. The zero-order valence-corrected chi connectivity index (χ0v) is 30.8. The van der Waals surface area contributed by atoms with Crippen molar-refractivity contribution in [3.63, 3.8) is 0 Å². The molecule has 2 amide bonds. The van der Waals surface area contributed by atoms with Crippen LogP contribution in [0, 0.1) is 0 Å². The Labute approximate surface area is 316 Å². The van der Waals surface area contributed by atoms with E-state index in [1.807, 2.05) is 84.9 Å². The number of anilines is 1. The Hall–Kier alpha value is -5.07. The Bertz CT molecular complexity index is 1930. The minimum Gasteiger partial charge on any atom is -0.453 e. The average molecular weight is 733 g/mol. The smallest absolute Gasteiger partial charge is 0.303 e. The molecule has 0 radical (unpaired) electrons. The molecule has 3 aliphatic heterocycles. The lowest BCUT2D eigenvalue weighted by molar-refractivity contribution is -0.253. The van der Waals surface area contributed by atoms with Gasteiger partial charge >= 0.3 is 5.97 Å². The molecule has 11 nitrogen and oxygen atoms in total. The van der Waals surface area contributed by atoms with E-state index in [0.717, 1.165) is 65.0 Å². The highest BCUT2D eigenvalue weighted by Crippen LogP contribution is 2.41. The highest BCUT2D eigenvalue weighted by atomic mass is 16.7. The van der Waals surface area contributed by atoms with E-state index in [-0.39, 0.29) is 37.2 Å². The molecule has 54 heavy (non-hydrogen) atoms. The van der Waals surface area contributed by atoms with Crippen LogP contribution >= 0.6 is 0 Å². The third-order valence-electron chi connectivity index (χ3n) is 10.8. The molecule has 3 heterocycles. The van der Waals surface area contributed by atoms with Crippen molar-refractivity contribution in [1.82, 2.24) is 15.5 Å². The third-order valence-corrected chi connectivity index (χ3v) is 10.8. The Balaban J connectivity index is 1.06. The number of ether oxygens (including phenoxy) is 3. The fourth-order valence-corrected chi connectivity index (χ4v) is 7.82. The second kappa shape index (κ2) is 16.5. The van der Waals surface area contributed by atoms with E-state index in [1.165, 1.54) is 6.92 Å². The Morgan fingerprint density at radius 1 is 0.907 bits per heavy atom. The summed E-state index contributed by atoms with van der Waals surface area (Å²) in [4.78, 5) is 41.6. The molecule has 3 fully saturated rings. The van der Waals surface area contributed by atoms with Gasteiger partial charge in [0, 0.05) is 50.8 Å². The van der Waals surface area contributed by atoms with Crippen molar-refractivity contribution < 1.29 is 33.7 Å². The van der Waals surface area contributed by atoms with Crippen LogP contribution < -0.4 is 15.5 Å². The van der Waals surface area contributed by atoms with Gasteiger partial charge in [-0.1, -0.05) is 78.9 Å². The van der Waals surface area contributed by atoms with Gasteiger partial charge in [-0.2, -0.15) is 0 Å². The van der Waals surface area contributed by atoms with Gasteiger partial charge in [-0.15, -0.1) is 0 Å². The van der Waals surface area contributed by atoms with E-state index in [0.29, 0.717) is 19.6 Å². The van der Waals surface area contributed by atoms with Crippen molar-refractivity contribution in [2.45, 2.75) is 76.4 Å². The molecule has 7 rings (SSSR count). The second-order valence-electron chi connectivity index (χ2n) is 14.4. The van der Waals surface area contributed by atoms with Crippen LogP contribution in [-0.2, 0) is 41.7 Å². The Morgan fingerprint density at radius 2 is 1.63 bits per heavy atom. The van der Waals surface area contributed by atoms with Crippen molar-refractivity contribution in [2.75, 3.05) is 31.2 Å². The lowest BCUT2D eigenvalue weighted by Crippen LogP contribution is -2.57. The van der Waals surface area contributed by atoms with Gasteiger partial charge in [0.05, 0.1) is 25.5 Å². The Morgan fingerprint density at radius 3 is 2.35 bits per heavy atom. The van der Waals surface area contributed by atoms with E-state index >= 15 is 0 Å². The van der Waals surface area contributed by atoms with Crippen LogP contribution in [0.15, 0.2) is 103 Å². The molecule has 1 spiro atoms. The molecule has 4 aromatic rings. The van der Waals surface area contributed by atoms with Gasteiger partial charge in [-0.05, 0) is 71.8 Å². The maximum Gasteiger partial charge on any atom is 0.303 e. The summed E-state index contributed by atoms with van der Waals surface area (Å²) in [6, 6.07) is 34.1. The van der Waals surface area contributed by atoms with Crippen LogP contribution in [0.2, 0.25) is 0 Å². The van der Waals surface area contributed by atoms with E-state index in [2.05, 4.69) is 38.6 Å². The van der Waals surface area contributed by atoms with Crippen LogP contribution in [0.4, 0.5) is 5.69 Å². The number of amides is 2. The molecule has 3 saturated heterocycles. The minimum absolute atomic E-state index is 0.0237. The number of nitrogens with one attached hydrogen (secondary N) is 2. The summed E-state index contributed by atoms with van der Waals surface area (Å²) in [6.07, 6.45) is 0.261. The maximum atomic E-state index is 13.3. The SMILES string of the molecule is CC(=O)O[C@@H](C)C(=O)NCc1cccc(-c2cccc([C@H]3O[C@@H](CN4CCC5(CC4)C(=O)NCN5c4ccccc4)C[C@@H](c4ccc(CO)cc4)O3)c2)c1. The standard InChI is InChI=1S/C43H48N4O7/c1-29(52-30(2)49)40(50)44-25-32-8-6-9-34(22-32)35-10-7-11-36(23-35)41-53-38(24-39(54-41)33-16-14-31(27-48)15-17-33)26-46-20-18-43(19-21-46)42(51)45-28-47(43)37-12-4-3-5-13-37/h3-17,22-23,29,38-39,41,48H,18-21,24-28H2,1-2H3,(H,44,50)(H,45,51)/t29-,38+,39-,41-/m0/s1. The van der Waals surface area contributed by atoms with E-state index in [4.69, 9.17) is 14.2 Å². The van der Waals surface area contributed by atoms with Gasteiger partial charge in [0.15, 0.2) is 12.4 Å². The number of aliphatic hydroxyl groups excluding tert-OH is 1. The van der Waals surface area contributed by atoms with Crippen molar-refractivity contribution in [2.24, 2.45) is 0 Å². The van der Waals surface area contributed by atoms with Crippen LogP contribution in [0.1, 0.15) is 67.8 Å². The highest BCUT2D eigenvalue weighted by Gasteiger charge is 2.50. The van der Waals surface area contributed by atoms with Gasteiger partial charge in [-0.25, -0.2) is 0 Å². The summed E-state index contributed by atoms with van der Waals surface area (Å²) in [5.74, 6) is -0.761. The highest BCUT2D eigenvalue weighted by molar-refractivity contribution is 5.93. The zero-order valence-electron chi connectivity index (χ0n) is 30.8. The number of nitrogens with zero attached hydrogens (tertiary/aromatic N) is 2. The number of hydrogen-bond acceptors (Lipinski definition) is 9. The quantitative estimate of drug-likeness (QED) is 0.174. The first-order valence-electron chi connectivity index (χ1n) is 18.7. The van der Waals surface area contributed by atoms with Gasteiger partial charge in [0.2, 0.25) is 5.91 Å². The fraction of sp³-hybridized carbons (Fsp3) is 0.372. The third kappa shape index (κ3) is 8.34. The van der Waals surface area contributed by atoms with Gasteiger partial charge in [-0.3, -0.25) is 14.4 Å². The first-order valence-corrected chi connectivity index (χ1v) is 18.7. The maximum absolute atomic E-state index is 13.3. The van der Waals surface area contributed by atoms with Crippen LogP contribution in [-0.4, -0.2) is 71.8 Å². The molecular weight excluding hydrogens is 684 g/mol. The molecule has 11 heteroatoms. The zero-order chi connectivity index (χ0) is 37.7. The summed E-state index contributed by atoms with van der Waals surface area (Å²) in [6.45, 7) is 5.85. The molecule has 3 N–H and O–H groups in total. The van der Waals surface area contributed by atoms with E-state index in [1.54, 1.807) is 6.92 Å². The van der Waals surface area contributed by atoms with Gasteiger partial charge < -0.3 is 39.8 Å². The van der Waals surface area contributed by atoms with Crippen molar-refractivity contribution in [1.29, 1.82) is 0 Å². The van der Waals surface area contributed by atoms with Crippen LogP contribution in [0.3, 0.4) is 0 Å². The fourth-order valence-electron chi connectivity index (χ4n) is 7.82. The average Bonchev–Trinajstić information content (AvgIpc) is 3.52. The molecule has 0 bridgehead atoms. The van der Waals surface area contributed by atoms with Crippen molar-refractivity contribution in [3.8, 4) is 11.1 Å². The van der Waals surface area contributed by atoms with Gasteiger partial charge in [0.1, 0.15) is 5.54 Å². The van der Waals surface area contributed by atoms with E-state index < -0.39 is 23.9 Å². The number of carbonyl (C=O) groups excluding carboxylic acids is 3. The number of rotatable bonds is 11. The first-order chi connectivity index (χ1) is 26.2. The molecule has 0 saturated carbocycles. The van der Waals surface area contributed by atoms with Crippen LogP contribution in [0.5, 0.6) is 0 Å². The van der Waals surface area contributed by atoms with Crippen molar-refractivity contribution >= 4 is 23.5 Å². The first kappa shape index (κ1) is 37.3. The van der Waals surface area contributed by atoms with Gasteiger partial charge in [0.25, 0.3) is 5.91 Å². The lowest BCUT2D eigenvalue weighted by atomic mass is 9.85. The summed E-state index contributed by atoms with van der Waals surface area (Å²) < 4.78 is 18.4. The lowest BCUT2D eigenvalue weighted by Gasteiger charge is -2.45. The molecule has 4 aromatic carbocycles. The molecule has 4 atom stereocenters. The molecule has 0 aliphatic carbocycles. The minimum atomic E-state index is -0.872. The van der Waals surface area contributed by atoms with E-state index in [9.17, 15) is 19.5 Å². The predicted molar refractivity (Wildman–Crippen MR) is 204 cm³/mol. The molecular formula is C43H48N4O7. The van der Waals surface area contributed by atoms with Crippen molar-refractivity contribution in [3.05, 3.63) is 125 Å². The predicted octanol–water partition coefficient (Wildman–Crippen LogP) is 5.39. The number of hydrogen-bond donors (Lipinski definition) is 3. The molecule has 0 aromatic heterocycles. The van der Waals surface area contributed by atoms with Crippen LogP contribution in [0.25, 0.3) is 11.1 Å². The monoisotopic (exact) mass is 732 g/mol. The topological polar surface area (TPSA) is 130 Å². The molecule has 282 valence electrons. The largest absolute Gasteiger partial charge is 0.453 e. The summed E-state index contributed by atoms with van der Waals surface area (Å²) in [7, 11) is 0. The number of aliphatic hydroxyl groups is 1. The molecule has 0 unspecified atom stereocenters. The second-order valence-corrected chi connectivity index (χ2v) is 14.4. The number of likely N-dealkylation sites (tertiary alicyclic amines) is 1. The Kier molecular flexibility index (Phi) is 11.4. The summed E-state index contributed by atoms with van der Waals surface area (Å²) in [5.41, 5.74) is 6.12. The summed E-state index contributed by atoms with van der Waals surface area (Å²) >= 11 is 0. The number of benzene rings is 4. The number of carbonyl (C=O) groups is 3. The number of piperidine rings is 1. The molecule has 3 aliphatic rings. The summed E-state index contributed by atoms with van der Waals surface area (Å²) in [5, 5.41) is 15.6. The normalized spacial score (nSPS) is 21.7.